The molecule has 4 aromatic rings. The second kappa shape index (κ2) is 12.2. The van der Waals surface area contributed by atoms with Gasteiger partial charge in [0.1, 0.15) is 12.4 Å². The zero-order chi connectivity index (χ0) is 31.6. The summed E-state index contributed by atoms with van der Waals surface area (Å²) in [5.74, 6) is -3.25. The van der Waals surface area contributed by atoms with E-state index in [1.54, 1.807) is 18.2 Å². The maximum absolute atomic E-state index is 15.1. The summed E-state index contributed by atoms with van der Waals surface area (Å²) in [6, 6.07) is 11.7. The van der Waals surface area contributed by atoms with Gasteiger partial charge in [-0.15, -0.1) is 5.10 Å². The van der Waals surface area contributed by atoms with Crippen molar-refractivity contribution in [2.75, 3.05) is 22.8 Å². The van der Waals surface area contributed by atoms with Crippen LogP contribution in [0.5, 0.6) is 0 Å². The van der Waals surface area contributed by atoms with Crippen LogP contribution in [-0.4, -0.2) is 69.2 Å². The van der Waals surface area contributed by atoms with E-state index < -0.39 is 39.7 Å². The summed E-state index contributed by atoms with van der Waals surface area (Å²) in [6.07, 6.45) is 4.74. The summed E-state index contributed by atoms with van der Waals surface area (Å²) in [5, 5.41) is 22.5. The van der Waals surface area contributed by atoms with Gasteiger partial charge in [-0.1, -0.05) is 23.7 Å². The van der Waals surface area contributed by atoms with E-state index in [0.717, 1.165) is 12.3 Å². The number of carbonyl (C=O) groups is 3. The lowest BCUT2D eigenvalue weighted by Crippen LogP contribution is -2.45. The Morgan fingerprint density at radius 1 is 1.11 bits per heavy atom. The van der Waals surface area contributed by atoms with Crippen molar-refractivity contribution in [1.29, 1.82) is 0 Å². The van der Waals surface area contributed by atoms with Crippen molar-refractivity contribution in [3.05, 3.63) is 100 Å². The number of aromatic nitrogens is 4. The molecule has 2 amide bonds. The third-order valence-electron chi connectivity index (χ3n) is 6.75. The highest BCUT2D eigenvalue weighted by molar-refractivity contribution is 7.92. The number of fused-ring (bicyclic) bond motifs is 1. The molecule has 0 fully saturated rings. The van der Waals surface area contributed by atoms with Crippen molar-refractivity contribution in [2.45, 2.75) is 12.5 Å². The molecule has 1 unspecified atom stereocenters. The number of carbonyl (C=O) groups excluding carboxylic acids is 2. The summed E-state index contributed by atoms with van der Waals surface area (Å²) in [6.45, 7) is 0.00650. The van der Waals surface area contributed by atoms with Gasteiger partial charge in [-0.2, -0.15) is 4.68 Å². The van der Waals surface area contributed by atoms with Crippen LogP contribution in [0.2, 0.25) is 5.02 Å². The van der Waals surface area contributed by atoms with E-state index in [-0.39, 0.29) is 46.2 Å². The molecule has 44 heavy (non-hydrogen) atoms. The molecule has 1 aromatic heterocycles. The Balaban J connectivity index is 1.52. The molecule has 1 aliphatic rings. The summed E-state index contributed by atoms with van der Waals surface area (Å²) >= 11 is 6.00. The highest BCUT2D eigenvalue weighted by Gasteiger charge is 2.36. The number of nitrogens with one attached hydrogen (secondary N) is 2. The molecular formula is C28H23ClFN7O6S. The number of rotatable bonds is 8. The van der Waals surface area contributed by atoms with Gasteiger partial charge >= 0.3 is 5.97 Å². The minimum Gasteiger partial charge on any atom is -0.478 e. The Bertz CT molecular complexity index is 1900. The lowest BCUT2D eigenvalue weighted by molar-refractivity contribution is -0.135. The van der Waals surface area contributed by atoms with Gasteiger partial charge in [0.05, 0.1) is 28.2 Å². The molecule has 0 saturated heterocycles. The summed E-state index contributed by atoms with van der Waals surface area (Å²) in [5.41, 5.74) is 1.58. The second-order valence-corrected chi connectivity index (χ2v) is 11.8. The minimum absolute atomic E-state index is 0.00650. The molecule has 0 saturated carbocycles. The first-order valence-electron chi connectivity index (χ1n) is 12.9. The smallest absolute Gasteiger partial charge is 0.335 e. The van der Waals surface area contributed by atoms with E-state index in [4.69, 9.17) is 11.6 Å². The van der Waals surface area contributed by atoms with Crippen LogP contribution in [0.1, 0.15) is 33.1 Å². The molecule has 1 atom stereocenters. The number of hydrogen-bond acceptors (Lipinski definition) is 8. The first kappa shape index (κ1) is 30.3. The average Bonchev–Trinajstić information content (AvgIpc) is 3.51. The summed E-state index contributed by atoms with van der Waals surface area (Å²) in [4.78, 5) is 39.9. The van der Waals surface area contributed by atoms with Crippen LogP contribution in [0.3, 0.4) is 0 Å². The first-order valence-corrected chi connectivity index (χ1v) is 15.1. The number of aromatic carboxylic acids is 1. The fraction of sp³-hybridized carbons (Fsp3) is 0.143. The molecule has 0 aliphatic carbocycles. The standard InChI is InChI=1S/C28H23ClFN7O6S/c1-44(42,43)33-22-4-2-3-19-18(22)13-14-36(26(19)27(39)32-17-7-5-16(6-8-17)28(40)41)24(38)12-9-20-23(37-15-31-34-35-37)11-10-21(29)25(20)30/h2-12,15,26,33H,13-14H2,1H3,(H,32,39)(H,40,41). The van der Waals surface area contributed by atoms with Crippen LogP contribution < -0.4 is 10.0 Å². The number of halogens is 2. The molecular weight excluding hydrogens is 617 g/mol. The van der Waals surface area contributed by atoms with Gasteiger partial charge in [-0.25, -0.2) is 17.6 Å². The minimum atomic E-state index is -3.66. The summed E-state index contributed by atoms with van der Waals surface area (Å²) < 4.78 is 42.8. The third-order valence-corrected chi connectivity index (χ3v) is 7.63. The van der Waals surface area contributed by atoms with Crippen molar-refractivity contribution in [3.63, 3.8) is 0 Å². The number of hydrogen-bond donors (Lipinski definition) is 3. The Hall–Kier alpha value is -5.15. The first-order chi connectivity index (χ1) is 20.9. The van der Waals surface area contributed by atoms with Crippen molar-refractivity contribution in [3.8, 4) is 5.69 Å². The molecule has 5 rings (SSSR count). The number of amides is 2. The topological polar surface area (TPSA) is 176 Å². The number of nitrogens with zero attached hydrogens (tertiary/aromatic N) is 5. The number of anilines is 2. The fourth-order valence-electron chi connectivity index (χ4n) is 4.83. The molecule has 0 radical (unpaired) electrons. The SMILES string of the molecule is CS(=O)(=O)Nc1cccc2c1CCN(C(=O)C=Cc1c(-n3cnnn3)ccc(Cl)c1F)C2C(=O)Nc1ccc(C(=O)O)cc1. The second-order valence-electron chi connectivity index (χ2n) is 9.69. The quantitative estimate of drug-likeness (QED) is 0.244. The number of carboxylic acids is 1. The van der Waals surface area contributed by atoms with E-state index in [1.807, 2.05) is 0 Å². The van der Waals surface area contributed by atoms with Crippen LogP contribution in [0.15, 0.2) is 67.0 Å². The maximum atomic E-state index is 15.1. The number of benzene rings is 3. The number of carboxylic acid groups (broad SMARTS) is 1. The Labute approximate surface area is 255 Å². The normalized spacial score (nSPS) is 14.7. The molecule has 226 valence electrons. The molecule has 3 N–H and O–H groups in total. The van der Waals surface area contributed by atoms with Gasteiger partial charge in [0, 0.05) is 23.9 Å². The van der Waals surface area contributed by atoms with Gasteiger partial charge in [-0.05, 0) is 76.5 Å². The van der Waals surface area contributed by atoms with Gasteiger partial charge < -0.3 is 15.3 Å². The Morgan fingerprint density at radius 2 is 1.86 bits per heavy atom. The fourth-order valence-corrected chi connectivity index (χ4v) is 5.58. The lowest BCUT2D eigenvalue weighted by atomic mass is 9.90. The monoisotopic (exact) mass is 639 g/mol. The van der Waals surface area contributed by atoms with E-state index in [2.05, 4.69) is 25.6 Å². The number of sulfonamides is 1. The molecule has 16 heteroatoms. The lowest BCUT2D eigenvalue weighted by Gasteiger charge is -2.36. The van der Waals surface area contributed by atoms with E-state index in [9.17, 15) is 27.9 Å². The predicted molar refractivity (Wildman–Crippen MR) is 158 cm³/mol. The zero-order valence-corrected chi connectivity index (χ0v) is 24.4. The molecule has 0 bridgehead atoms. The van der Waals surface area contributed by atoms with Crippen molar-refractivity contribution in [2.24, 2.45) is 0 Å². The summed E-state index contributed by atoms with van der Waals surface area (Å²) in [7, 11) is -3.66. The Morgan fingerprint density at radius 3 is 2.52 bits per heavy atom. The molecule has 3 aromatic carbocycles. The molecule has 0 spiro atoms. The van der Waals surface area contributed by atoms with Gasteiger partial charge in [0.25, 0.3) is 5.91 Å². The van der Waals surface area contributed by atoms with Gasteiger partial charge in [0.15, 0.2) is 5.82 Å². The third kappa shape index (κ3) is 6.43. The van der Waals surface area contributed by atoms with E-state index in [1.165, 1.54) is 58.4 Å². The van der Waals surface area contributed by atoms with Gasteiger partial charge in [-0.3, -0.25) is 14.3 Å². The molecule has 2 heterocycles. The average molecular weight is 640 g/mol. The van der Waals surface area contributed by atoms with Crippen LogP contribution in [0.25, 0.3) is 11.8 Å². The van der Waals surface area contributed by atoms with Crippen molar-refractivity contribution < 1.29 is 32.3 Å². The highest BCUT2D eigenvalue weighted by atomic mass is 35.5. The predicted octanol–water partition coefficient (Wildman–Crippen LogP) is 3.30. The Kier molecular flexibility index (Phi) is 8.42. The number of tetrazole rings is 1. The maximum Gasteiger partial charge on any atom is 0.335 e. The van der Waals surface area contributed by atoms with Crippen LogP contribution in [0.4, 0.5) is 15.8 Å². The van der Waals surface area contributed by atoms with E-state index >= 15 is 4.39 Å². The molecule has 1 aliphatic heterocycles. The van der Waals surface area contributed by atoms with Crippen LogP contribution in [0, 0.1) is 5.82 Å². The van der Waals surface area contributed by atoms with Gasteiger partial charge in [0.2, 0.25) is 15.9 Å². The van der Waals surface area contributed by atoms with Crippen molar-refractivity contribution >= 4 is 56.9 Å². The largest absolute Gasteiger partial charge is 0.478 e. The van der Waals surface area contributed by atoms with Crippen molar-refractivity contribution in [1.82, 2.24) is 25.1 Å². The van der Waals surface area contributed by atoms with Crippen LogP contribution in [-0.2, 0) is 26.0 Å². The molecule has 13 nitrogen and oxygen atoms in total. The zero-order valence-electron chi connectivity index (χ0n) is 22.8. The highest BCUT2D eigenvalue weighted by Crippen LogP contribution is 2.36. The van der Waals surface area contributed by atoms with Crippen LogP contribution >= 0.6 is 11.6 Å². The van der Waals surface area contributed by atoms with E-state index in [0.29, 0.717) is 11.1 Å².